The Bertz CT molecular complexity index is 498. The molecule has 0 spiro atoms. The van der Waals surface area contributed by atoms with E-state index in [1.807, 2.05) is 6.20 Å². The molecule has 21 heavy (non-hydrogen) atoms. The van der Waals surface area contributed by atoms with E-state index in [1.165, 1.54) is 19.4 Å². The average molecular weight is 290 g/mol. The van der Waals surface area contributed by atoms with E-state index >= 15 is 0 Å². The Morgan fingerprint density at radius 2 is 2.29 bits per heavy atom. The number of nitrogens with zero attached hydrogens (tertiary/aromatic N) is 3. The summed E-state index contributed by atoms with van der Waals surface area (Å²) in [4.78, 5) is 24.9. The molecule has 0 aromatic carbocycles. The number of amides is 1. The van der Waals surface area contributed by atoms with E-state index in [2.05, 4.69) is 33.6 Å². The first-order chi connectivity index (χ1) is 10.2. The monoisotopic (exact) mass is 290 g/mol. The van der Waals surface area contributed by atoms with Gasteiger partial charge in [0, 0.05) is 37.1 Å². The van der Waals surface area contributed by atoms with Gasteiger partial charge in [-0.25, -0.2) is 4.98 Å². The highest BCUT2D eigenvalue weighted by atomic mass is 16.2. The normalized spacial score (nSPS) is 26.1. The molecule has 3 heterocycles. The second-order valence-electron chi connectivity index (χ2n) is 6.28. The van der Waals surface area contributed by atoms with Crippen molar-refractivity contribution in [3.05, 3.63) is 17.7 Å². The fourth-order valence-corrected chi connectivity index (χ4v) is 3.66. The minimum absolute atomic E-state index is 0.227. The van der Waals surface area contributed by atoms with Crippen molar-refractivity contribution >= 4 is 5.91 Å². The fourth-order valence-electron chi connectivity index (χ4n) is 3.66. The summed E-state index contributed by atoms with van der Waals surface area (Å²) < 4.78 is 0. The van der Waals surface area contributed by atoms with Crippen LogP contribution in [0.25, 0.3) is 0 Å². The van der Waals surface area contributed by atoms with Gasteiger partial charge in [-0.3, -0.25) is 9.69 Å². The maximum Gasteiger partial charge on any atom is 0.230 e. The number of nitrogens with one attached hydrogen (secondary N) is 1. The van der Waals surface area contributed by atoms with Gasteiger partial charge in [0.25, 0.3) is 0 Å². The number of aromatic amines is 1. The van der Waals surface area contributed by atoms with Crippen LogP contribution in [0.4, 0.5) is 0 Å². The van der Waals surface area contributed by atoms with Gasteiger partial charge in [0.2, 0.25) is 5.91 Å². The maximum absolute atomic E-state index is 12.7. The van der Waals surface area contributed by atoms with Crippen LogP contribution in [0.15, 0.2) is 6.20 Å². The number of carbonyl (C=O) groups is 1. The summed E-state index contributed by atoms with van der Waals surface area (Å²) in [6.07, 6.45) is 6.73. The van der Waals surface area contributed by atoms with Crippen molar-refractivity contribution in [1.29, 1.82) is 0 Å². The number of H-pyrrole nitrogens is 1. The number of carbonyl (C=O) groups excluding carboxylic acids is 1. The zero-order valence-corrected chi connectivity index (χ0v) is 13.1. The fraction of sp³-hybridized carbons (Fsp3) is 0.750. The van der Waals surface area contributed by atoms with Crippen LogP contribution in [0.3, 0.4) is 0 Å². The summed E-state index contributed by atoms with van der Waals surface area (Å²) in [7, 11) is 0. The molecule has 2 aliphatic rings. The number of hydrogen-bond acceptors (Lipinski definition) is 3. The number of rotatable bonds is 4. The summed E-state index contributed by atoms with van der Waals surface area (Å²) in [5.41, 5.74) is 1.10. The van der Waals surface area contributed by atoms with Gasteiger partial charge < -0.3 is 9.88 Å². The lowest BCUT2D eigenvalue weighted by molar-refractivity contribution is -0.136. The molecule has 0 aliphatic carbocycles. The van der Waals surface area contributed by atoms with Gasteiger partial charge in [-0.05, 0) is 32.2 Å². The largest absolute Gasteiger partial charge is 0.345 e. The summed E-state index contributed by atoms with van der Waals surface area (Å²) in [6.45, 7) is 7.43. The number of aryl methyl sites for hydroxylation is 1. The Morgan fingerprint density at radius 1 is 1.43 bits per heavy atom. The molecule has 5 nitrogen and oxygen atoms in total. The first-order valence-electron chi connectivity index (χ1n) is 8.27. The van der Waals surface area contributed by atoms with Crippen molar-refractivity contribution in [3.63, 3.8) is 0 Å². The zero-order valence-electron chi connectivity index (χ0n) is 13.1. The third-order valence-corrected chi connectivity index (χ3v) is 4.96. The number of hydrogen-bond donors (Lipinski definition) is 1. The van der Waals surface area contributed by atoms with E-state index < -0.39 is 0 Å². The minimum Gasteiger partial charge on any atom is -0.345 e. The molecule has 5 heteroatoms. The molecule has 1 N–H and O–H groups in total. The highest BCUT2D eigenvalue weighted by Crippen LogP contribution is 2.26. The van der Waals surface area contributed by atoms with Crippen molar-refractivity contribution in [2.24, 2.45) is 0 Å². The van der Waals surface area contributed by atoms with Gasteiger partial charge in [0.15, 0.2) is 0 Å². The molecule has 116 valence electrons. The van der Waals surface area contributed by atoms with Crippen LogP contribution in [0.1, 0.15) is 44.6 Å². The van der Waals surface area contributed by atoms with Crippen LogP contribution in [0.5, 0.6) is 0 Å². The summed E-state index contributed by atoms with van der Waals surface area (Å²) in [5.74, 6) is 1.03. The number of aromatic nitrogens is 2. The molecule has 2 unspecified atom stereocenters. The number of fused-ring (bicyclic) bond motifs is 1. The molecule has 1 amide bonds. The molecular weight excluding hydrogens is 264 g/mol. The third-order valence-electron chi connectivity index (χ3n) is 4.96. The standard InChI is InChI=1S/C16H26N4O/c1-3-12-9-17-15(18-12)8-16(21)20-11-14-6-5-7-19(14)10-13(20)4-2/h9,13-14H,3-8,10-11H2,1-2H3,(H,17,18). The van der Waals surface area contributed by atoms with Crippen LogP contribution in [-0.4, -0.2) is 57.4 Å². The lowest BCUT2D eigenvalue weighted by atomic mass is 10.0. The van der Waals surface area contributed by atoms with E-state index in [-0.39, 0.29) is 5.91 Å². The van der Waals surface area contributed by atoms with E-state index in [4.69, 9.17) is 0 Å². The SMILES string of the molecule is CCc1cnc(CC(=O)N2CC3CCCN3CC2CC)[nH]1. The van der Waals surface area contributed by atoms with Gasteiger partial charge in [-0.15, -0.1) is 0 Å². The topological polar surface area (TPSA) is 52.2 Å². The summed E-state index contributed by atoms with van der Waals surface area (Å²) in [6, 6.07) is 0.951. The van der Waals surface area contributed by atoms with Crippen molar-refractivity contribution in [1.82, 2.24) is 19.8 Å². The van der Waals surface area contributed by atoms with Crippen LogP contribution in [0, 0.1) is 0 Å². The predicted molar refractivity (Wildman–Crippen MR) is 82.1 cm³/mol. The first kappa shape index (κ1) is 14.6. The van der Waals surface area contributed by atoms with E-state index in [9.17, 15) is 4.79 Å². The van der Waals surface area contributed by atoms with Gasteiger partial charge in [-0.1, -0.05) is 13.8 Å². The molecular formula is C16H26N4O. The average Bonchev–Trinajstić information content (AvgIpc) is 3.13. The molecule has 2 aliphatic heterocycles. The second-order valence-corrected chi connectivity index (χ2v) is 6.28. The third kappa shape index (κ3) is 2.98. The quantitative estimate of drug-likeness (QED) is 0.916. The molecule has 2 atom stereocenters. The van der Waals surface area contributed by atoms with E-state index in [1.54, 1.807) is 0 Å². The lowest BCUT2D eigenvalue weighted by Gasteiger charge is -2.43. The Morgan fingerprint density at radius 3 is 3.00 bits per heavy atom. The predicted octanol–water partition coefficient (Wildman–Crippen LogP) is 1.60. The van der Waals surface area contributed by atoms with Crippen LogP contribution in [-0.2, 0) is 17.6 Å². The van der Waals surface area contributed by atoms with E-state index in [0.717, 1.165) is 37.4 Å². The zero-order chi connectivity index (χ0) is 14.8. The summed E-state index contributed by atoms with van der Waals surface area (Å²) in [5, 5.41) is 0. The van der Waals surface area contributed by atoms with Crippen molar-refractivity contribution in [3.8, 4) is 0 Å². The first-order valence-corrected chi connectivity index (χ1v) is 8.27. The van der Waals surface area contributed by atoms with Gasteiger partial charge in [-0.2, -0.15) is 0 Å². The number of piperazine rings is 1. The molecule has 0 saturated carbocycles. The second kappa shape index (κ2) is 6.18. The molecule has 2 saturated heterocycles. The maximum atomic E-state index is 12.7. The van der Waals surface area contributed by atoms with Crippen molar-refractivity contribution in [2.45, 2.75) is 58.0 Å². The molecule has 1 aromatic rings. The van der Waals surface area contributed by atoms with Crippen LogP contribution >= 0.6 is 0 Å². The number of imidazole rings is 1. The van der Waals surface area contributed by atoms with Crippen molar-refractivity contribution < 1.29 is 4.79 Å². The molecule has 1 aromatic heterocycles. The van der Waals surface area contributed by atoms with Crippen molar-refractivity contribution in [2.75, 3.05) is 19.6 Å². The van der Waals surface area contributed by atoms with Crippen LogP contribution < -0.4 is 0 Å². The molecule has 0 radical (unpaired) electrons. The highest BCUT2D eigenvalue weighted by molar-refractivity contribution is 5.78. The Kier molecular flexibility index (Phi) is 4.29. The summed E-state index contributed by atoms with van der Waals surface area (Å²) >= 11 is 0. The van der Waals surface area contributed by atoms with E-state index in [0.29, 0.717) is 18.5 Å². The molecule has 0 bridgehead atoms. The minimum atomic E-state index is 0.227. The Balaban J connectivity index is 1.67. The van der Waals surface area contributed by atoms with Gasteiger partial charge in [0.1, 0.15) is 5.82 Å². The smallest absolute Gasteiger partial charge is 0.230 e. The van der Waals surface area contributed by atoms with Gasteiger partial charge >= 0.3 is 0 Å². The molecule has 2 fully saturated rings. The van der Waals surface area contributed by atoms with Gasteiger partial charge in [0.05, 0.1) is 6.42 Å². The lowest BCUT2D eigenvalue weighted by Crippen LogP contribution is -2.58. The molecule has 3 rings (SSSR count). The van der Waals surface area contributed by atoms with Crippen LogP contribution in [0.2, 0.25) is 0 Å². The Labute approximate surface area is 126 Å². The highest BCUT2D eigenvalue weighted by Gasteiger charge is 2.37. The Hall–Kier alpha value is -1.36.